The van der Waals surface area contributed by atoms with Gasteiger partial charge in [-0.2, -0.15) is 0 Å². The minimum absolute atomic E-state index is 0.00186. The summed E-state index contributed by atoms with van der Waals surface area (Å²) in [5.74, 6) is -2.58. The number of aromatic hydroxyl groups is 3. The fraction of sp³-hybridized carbons (Fsp3) is 0.100. The standard InChI is InChI=1S/C20H14O9/c1-8-5-14-15(20(25)27-8)10-7-12(22)16(23)18(17(10)28-14)29-19(24)9-3-4-11(21)13(6-9)26-2/h3-7,21-23H,1-2H3. The van der Waals surface area contributed by atoms with Gasteiger partial charge >= 0.3 is 11.6 Å². The number of benzene rings is 2. The van der Waals surface area contributed by atoms with Gasteiger partial charge in [0.2, 0.25) is 11.5 Å². The van der Waals surface area contributed by atoms with Gasteiger partial charge < -0.3 is 33.6 Å². The van der Waals surface area contributed by atoms with Crippen LogP contribution in [0.5, 0.6) is 28.7 Å². The maximum absolute atomic E-state index is 12.6. The zero-order chi connectivity index (χ0) is 20.9. The van der Waals surface area contributed by atoms with Crippen molar-refractivity contribution in [3.63, 3.8) is 0 Å². The van der Waals surface area contributed by atoms with Crippen LogP contribution in [0.25, 0.3) is 21.9 Å². The van der Waals surface area contributed by atoms with Gasteiger partial charge in [-0.25, -0.2) is 9.59 Å². The van der Waals surface area contributed by atoms with Crippen LogP contribution in [0.1, 0.15) is 16.1 Å². The lowest BCUT2D eigenvalue weighted by molar-refractivity contribution is 0.0729. The molecule has 0 unspecified atom stereocenters. The molecule has 3 N–H and O–H groups in total. The summed E-state index contributed by atoms with van der Waals surface area (Å²) in [4.78, 5) is 24.8. The van der Waals surface area contributed by atoms with Crippen molar-refractivity contribution in [2.75, 3.05) is 7.11 Å². The zero-order valence-electron chi connectivity index (χ0n) is 15.2. The number of carbonyl (C=O) groups excluding carboxylic acids is 1. The number of methoxy groups -OCH3 is 1. The summed E-state index contributed by atoms with van der Waals surface area (Å²) in [7, 11) is 1.32. The van der Waals surface area contributed by atoms with Gasteiger partial charge in [-0.15, -0.1) is 0 Å². The molecule has 4 aromatic rings. The topological polar surface area (TPSA) is 140 Å². The van der Waals surface area contributed by atoms with E-state index in [1.165, 1.54) is 31.4 Å². The second-order valence-electron chi connectivity index (χ2n) is 6.21. The molecule has 0 saturated heterocycles. The molecule has 2 heterocycles. The van der Waals surface area contributed by atoms with E-state index in [1.54, 1.807) is 6.92 Å². The molecule has 29 heavy (non-hydrogen) atoms. The molecule has 0 aliphatic heterocycles. The van der Waals surface area contributed by atoms with E-state index in [-0.39, 0.29) is 39.0 Å². The molecule has 0 atom stereocenters. The quantitative estimate of drug-likeness (QED) is 0.270. The van der Waals surface area contributed by atoms with Gasteiger partial charge in [0.1, 0.15) is 16.7 Å². The molecule has 2 aromatic heterocycles. The van der Waals surface area contributed by atoms with Crippen molar-refractivity contribution in [1.82, 2.24) is 0 Å². The Balaban J connectivity index is 1.89. The Kier molecular flexibility index (Phi) is 4.08. The van der Waals surface area contributed by atoms with Crippen molar-refractivity contribution in [3.05, 3.63) is 52.1 Å². The Bertz CT molecular complexity index is 1340. The average molecular weight is 398 g/mol. The van der Waals surface area contributed by atoms with Crippen molar-refractivity contribution in [3.8, 4) is 28.7 Å². The Morgan fingerprint density at radius 1 is 1.03 bits per heavy atom. The molecule has 2 aromatic carbocycles. The number of rotatable bonds is 3. The summed E-state index contributed by atoms with van der Waals surface area (Å²) in [6, 6.07) is 6.34. The normalized spacial score (nSPS) is 11.1. The maximum atomic E-state index is 12.6. The molecule has 0 aliphatic rings. The molecular weight excluding hydrogens is 384 g/mol. The monoisotopic (exact) mass is 398 g/mol. The lowest BCUT2D eigenvalue weighted by Gasteiger charge is -2.09. The van der Waals surface area contributed by atoms with Gasteiger partial charge in [0, 0.05) is 11.5 Å². The summed E-state index contributed by atoms with van der Waals surface area (Å²) in [6.07, 6.45) is 0. The molecular formula is C20H14O9. The highest BCUT2D eigenvalue weighted by Gasteiger charge is 2.25. The molecule has 9 heteroatoms. The summed E-state index contributed by atoms with van der Waals surface area (Å²) < 4.78 is 20.9. The van der Waals surface area contributed by atoms with Crippen molar-refractivity contribution in [1.29, 1.82) is 0 Å². The third-order valence-electron chi connectivity index (χ3n) is 4.32. The van der Waals surface area contributed by atoms with Gasteiger partial charge in [-0.1, -0.05) is 0 Å². The van der Waals surface area contributed by atoms with E-state index in [1.807, 2.05) is 0 Å². The second-order valence-corrected chi connectivity index (χ2v) is 6.21. The number of carbonyl (C=O) groups is 1. The van der Waals surface area contributed by atoms with Crippen LogP contribution in [0.2, 0.25) is 0 Å². The minimum Gasteiger partial charge on any atom is -0.504 e. The Labute approximate surface area is 161 Å². The van der Waals surface area contributed by atoms with E-state index in [9.17, 15) is 24.9 Å². The summed E-state index contributed by atoms with van der Waals surface area (Å²) in [5, 5.41) is 30.1. The first-order valence-electron chi connectivity index (χ1n) is 8.31. The lowest BCUT2D eigenvalue weighted by Crippen LogP contribution is -2.09. The highest BCUT2D eigenvalue weighted by molar-refractivity contribution is 6.09. The maximum Gasteiger partial charge on any atom is 0.347 e. The Morgan fingerprint density at radius 2 is 1.79 bits per heavy atom. The molecule has 0 radical (unpaired) electrons. The zero-order valence-corrected chi connectivity index (χ0v) is 15.2. The predicted octanol–water partition coefficient (Wildman–Crippen LogP) is 3.19. The molecule has 0 spiro atoms. The summed E-state index contributed by atoms with van der Waals surface area (Å²) in [6.45, 7) is 1.56. The predicted molar refractivity (Wildman–Crippen MR) is 99.9 cm³/mol. The number of fused-ring (bicyclic) bond motifs is 3. The van der Waals surface area contributed by atoms with E-state index in [4.69, 9.17) is 18.3 Å². The van der Waals surface area contributed by atoms with Crippen LogP contribution in [-0.4, -0.2) is 28.4 Å². The van der Waals surface area contributed by atoms with Gasteiger partial charge in [0.25, 0.3) is 0 Å². The fourth-order valence-electron chi connectivity index (χ4n) is 2.97. The molecule has 0 saturated carbocycles. The number of phenols is 3. The number of ether oxygens (including phenoxy) is 2. The first-order valence-corrected chi connectivity index (χ1v) is 8.31. The Morgan fingerprint density at radius 3 is 2.52 bits per heavy atom. The van der Waals surface area contributed by atoms with E-state index >= 15 is 0 Å². The number of hydrogen-bond donors (Lipinski definition) is 3. The van der Waals surface area contributed by atoms with E-state index < -0.39 is 28.8 Å². The van der Waals surface area contributed by atoms with Crippen LogP contribution in [0.15, 0.2) is 44.0 Å². The van der Waals surface area contributed by atoms with Crippen molar-refractivity contribution >= 4 is 27.9 Å². The highest BCUT2D eigenvalue weighted by Crippen LogP contribution is 2.45. The van der Waals surface area contributed by atoms with Gasteiger partial charge in [-0.3, -0.25) is 0 Å². The Hall–Kier alpha value is -4.14. The van der Waals surface area contributed by atoms with Crippen LogP contribution in [0.3, 0.4) is 0 Å². The number of hydrogen-bond acceptors (Lipinski definition) is 9. The van der Waals surface area contributed by atoms with Crippen LogP contribution >= 0.6 is 0 Å². The largest absolute Gasteiger partial charge is 0.504 e. The third-order valence-corrected chi connectivity index (χ3v) is 4.32. The molecule has 0 bridgehead atoms. The van der Waals surface area contributed by atoms with Crippen LogP contribution < -0.4 is 15.1 Å². The first-order chi connectivity index (χ1) is 13.8. The SMILES string of the molecule is COc1cc(C(=O)Oc2c(O)c(O)cc3c2oc2cc(C)oc(=O)c23)ccc1O. The van der Waals surface area contributed by atoms with E-state index in [0.717, 1.165) is 6.07 Å². The van der Waals surface area contributed by atoms with Gasteiger partial charge in [0.05, 0.1) is 12.7 Å². The first kappa shape index (κ1) is 18.2. The smallest absolute Gasteiger partial charge is 0.347 e. The molecule has 0 amide bonds. The van der Waals surface area contributed by atoms with Crippen LogP contribution in [0.4, 0.5) is 0 Å². The van der Waals surface area contributed by atoms with E-state index in [2.05, 4.69) is 0 Å². The number of phenolic OH excluding ortho intramolecular Hbond substituents is 3. The van der Waals surface area contributed by atoms with E-state index in [0.29, 0.717) is 5.76 Å². The van der Waals surface area contributed by atoms with Gasteiger partial charge in [-0.05, 0) is 31.2 Å². The molecule has 9 nitrogen and oxygen atoms in total. The lowest BCUT2D eigenvalue weighted by atomic mass is 10.1. The molecule has 4 rings (SSSR count). The third kappa shape index (κ3) is 2.89. The fourth-order valence-corrected chi connectivity index (χ4v) is 2.97. The second kappa shape index (κ2) is 6.48. The minimum atomic E-state index is -0.922. The summed E-state index contributed by atoms with van der Waals surface area (Å²) >= 11 is 0. The van der Waals surface area contributed by atoms with Crippen molar-refractivity contribution < 1.29 is 38.4 Å². The molecule has 148 valence electrons. The van der Waals surface area contributed by atoms with Gasteiger partial charge in [0.15, 0.2) is 22.8 Å². The summed E-state index contributed by atoms with van der Waals surface area (Å²) in [5.41, 5.74) is -0.680. The van der Waals surface area contributed by atoms with Crippen molar-refractivity contribution in [2.45, 2.75) is 6.92 Å². The molecule has 0 aliphatic carbocycles. The molecule has 0 fully saturated rings. The number of furan rings is 1. The van der Waals surface area contributed by atoms with Crippen LogP contribution in [-0.2, 0) is 0 Å². The number of aryl methyl sites for hydroxylation is 1. The number of esters is 1. The average Bonchev–Trinajstić information content (AvgIpc) is 3.03. The van der Waals surface area contributed by atoms with Crippen LogP contribution in [0, 0.1) is 6.92 Å². The van der Waals surface area contributed by atoms with Crippen molar-refractivity contribution in [2.24, 2.45) is 0 Å². The highest BCUT2D eigenvalue weighted by atomic mass is 16.5.